The maximum atomic E-state index is 12.9. The Labute approximate surface area is 218 Å². The van der Waals surface area contributed by atoms with E-state index in [1.807, 2.05) is 0 Å². The lowest BCUT2D eigenvalue weighted by atomic mass is 10.3. The molecule has 0 spiro atoms. The van der Waals surface area contributed by atoms with Gasteiger partial charge in [0.05, 0.1) is 22.7 Å². The van der Waals surface area contributed by atoms with Crippen molar-refractivity contribution in [3.63, 3.8) is 0 Å². The number of aryl methyl sites for hydroxylation is 1. The van der Waals surface area contributed by atoms with Gasteiger partial charge in [0.15, 0.2) is 10.8 Å². The Hall–Kier alpha value is -3.86. The minimum Gasteiger partial charge on any atom is -0.483 e. The maximum absolute atomic E-state index is 12.9. The highest BCUT2D eigenvalue weighted by molar-refractivity contribution is 7.85. The van der Waals surface area contributed by atoms with Gasteiger partial charge in [0.1, 0.15) is 13.2 Å². The fraction of sp³-hybridized carbons (Fsp3) is 0.200. The summed E-state index contributed by atoms with van der Waals surface area (Å²) < 4.78 is 39.2. The lowest BCUT2D eigenvalue weighted by Gasteiger charge is -2.12. The molecule has 0 aromatic carbocycles. The molecule has 14 nitrogen and oxygen atoms in total. The van der Waals surface area contributed by atoms with E-state index in [1.165, 1.54) is 18.5 Å². The number of nitrogens with zero attached hydrogens (tertiary/aromatic N) is 5. The number of carbonyl (C=O) groups excluding carboxylic acids is 1. The van der Waals surface area contributed by atoms with Gasteiger partial charge in [-0.05, 0) is 12.1 Å². The second kappa shape index (κ2) is 11.0. The zero-order valence-corrected chi connectivity index (χ0v) is 21.6. The summed E-state index contributed by atoms with van der Waals surface area (Å²) in [4.78, 5) is 33.6. The fourth-order valence-corrected chi connectivity index (χ4v) is 4.46. The third kappa shape index (κ3) is 6.67. The first-order valence-electron chi connectivity index (χ1n) is 10.3. The standard InChI is InChI=1S/C20H18ClN7O7S2/c1-28-7-4-11(21)14(28)17-26-27-20(36-17)25-16(29)13-10-12(24-19-22-5-3-6-23-19)15(18(30)35-13)33-8-9-34-37(2,31)32/h3-7,10H,8-9H2,1-2H3,(H,22,23,24)(H,25,27,29). The number of halogens is 1. The number of aromatic nitrogens is 5. The van der Waals surface area contributed by atoms with Crippen LogP contribution in [-0.2, 0) is 21.3 Å². The summed E-state index contributed by atoms with van der Waals surface area (Å²) in [7, 11) is -1.91. The van der Waals surface area contributed by atoms with Crippen LogP contribution < -0.4 is 21.0 Å². The Morgan fingerprint density at radius 3 is 2.68 bits per heavy atom. The smallest absolute Gasteiger partial charge is 0.381 e. The Morgan fingerprint density at radius 1 is 1.24 bits per heavy atom. The molecule has 37 heavy (non-hydrogen) atoms. The molecule has 0 bridgehead atoms. The molecule has 0 aliphatic heterocycles. The highest BCUT2D eigenvalue weighted by Gasteiger charge is 2.21. The van der Waals surface area contributed by atoms with Gasteiger partial charge in [-0.15, -0.1) is 10.2 Å². The average Bonchev–Trinajstić information content (AvgIpc) is 3.42. The molecular weight excluding hydrogens is 550 g/mol. The van der Waals surface area contributed by atoms with E-state index < -0.39 is 21.7 Å². The van der Waals surface area contributed by atoms with Crippen LogP contribution in [0.2, 0.25) is 5.02 Å². The van der Waals surface area contributed by atoms with Crippen LogP contribution in [0.5, 0.6) is 5.75 Å². The summed E-state index contributed by atoms with van der Waals surface area (Å²) in [5.74, 6) is -1.40. The number of hydrogen-bond donors (Lipinski definition) is 2. The first-order chi connectivity index (χ1) is 17.6. The number of amides is 1. The summed E-state index contributed by atoms with van der Waals surface area (Å²) in [6, 6.07) is 4.49. The lowest BCUT2D eigenvalue weighted by Crippen LogP contribution is -2.19. The summed E-state index contributed by atoms with van der Waals surface area (Å²) in [5, 5.41) is 14.4. The molecule has 4 rings (SSSR count). The van der Waals surface area contributed by atoms with Crippen LogP contribution in [-0.4, -0.2) is 58.5 Å². The summed E-state index contributed by atoms with van der Waals surface area (Å²) in [5.41, 5.74) is -0.388. The Bertz CT molecular complexity index is 1570. The van der Waals surface area contributed by atoms with E-state index in [1.54, 1.807) is 29.9 Å². The zero-order valence-electron chi connectivity index (χ0n) is 19.2. The van der Waals surface area contributed by atoms with Gasteiger partial charge in [0.2, 0.25) is 16.8 Å². The molecule has 0 fully saturated rings. The predicted molar refractivity (Wildman–Crippen MR) is 134 cm³/mol. The van der Waals surface area contributed by atoms with Crippen LogP contribution in [0.1, 0.15) is 10.6 Å². The minimum absolute atomic E-state index is 0.000464. The molecule has 0 aliphatic rings. The minimum atomic E-state index is -3.70. The highest BCUT2D eigenvalue weighted by Crippen LogP contribution is 2.32. The van der Waals surface area contributed by atoms with Crippen LogP contribution >= 0.6 is 22.9 Å². The molecule has 0 atom stereocenters. The number of rotatable bonds is 10. The quantitative estimate of drug-likeness (QED) is 0.211. The summed E-state index contributed by atoms with van der Waals surface area (Å²) in [6.45, 7) is -0.657. The Kier molecular flexibility index (Phi) is 7.82. The van der Waals surface area contributed by atoms with Crippen molar-refractivity contribution in [1.82, 2.24) is 24.7 Å². The molecular formula is C20H18ClN7O7S2. The Morgan fingerprint density at radius 2 is 2.00 bits per heavy atom. The van der Waals surface area contributed by atoms with Gasteiger partial charge in [-0.1, -0.05) is 22.9 Å². The van der Waals surface area contributed by atoms with Gasteiger partial charge in [-0.3, -0.25) is 14.3 Å². The summed E-state index contributed by atoms with van der Waals surface area (Å²) in [6.07, 6.45) is 5.56. The number of ether oxygens (including phenoxy) is 1. The molecule has 17 heteroatoms. The average molecular weight is 568 g/mol. The van der Waals surface area contributed by atoms with Crippen molar-refractivity contribution in [1.29, 1.82) is 0 Å². The van der Waals surface area contributed by atoms with Crippen molar-refractivity contribution in [3.8, 4) is 16.5 Å². The molecule has 0 radical (unpaired) electrons. The van der Waals surface area contributed by atoms with Crippen molar-refractivity contribution < 1.29 is 26.5 Å². The van der Waals surface area contributed by atoms with Crippen LogP contribution in [0.25, 0.3) is 10.7 Å². The SMILES string of the molecule is Cn1ccc(Cl)c1-c1nnc(NC(=O)c2cc(Nc3ncccn3)c(OCCOS(C)(=O)=O)c(=O)o2)s1. The second-order valence-electron chi connectivity index (χ2n) is 7.20. The van der Waals surface area contributed by atoms with E-state index in [0.29, 0.717) is 15.7 Å². The molecule has 1 amide bonds. The third-order valence-electron chi connectivity index (χ3n) is 4.44. The van der Waals surface area contributed by atoms with E-state index in [4.69, 9.17) is 20.8 Å². The van der Waals surface area contributed by atoms with Crippen molar-refractivity contribution in [2.45, 2.75) is 0 Å². The van der Waals surface area contributed by atoms with Crippen LogP contribution in [0.4, 0.5) is 16.8 Å². The van der Waals surface area contributed by atoms with Crippen LogP contribution in [0, 0.1) is 0 Å². The highest BCUT2D eigenvalue weighted by atomic mass is 35.5. The number of nitrogens with one attached hydrogen (secondary N) is 2. The lowest BCUT2D eigenvalue weighted by molar-refractivity contribution is 0.0990. The normalized spacial score (nSPS) is 11.3. The summed E-state index contributed by atoms with van der Waals surface area (Å²) >= 11 is 7.26. The van der Waals surface area contributed by atoms with Crippen molar-refractivity contribution in [2.24, 2.45) is 7.05 Å². The zero-order chi connectivity index (χ0) is 26.6. The molecule has 0 saturated carbocycles. The van der Waals surface area contributed by atoms with Crippen LogP contribution in [0.3, 0.4) is 0 Å². The first kappa shape index (κ1) is 26.2. The molecule has 2 N–H and O–H groups in total. The second-order valence-corrected chi connectivity index (χ2v) is 10.2. The monoisotopic (exact) mass is 567 g/mol. The van der Waals surface area contributed by atoms with E-state index in [2.05, 4.69) is 35.0 Å². The number of hydrogen-bond acceptors (Lipinski definition) is 13. The largest absolute Gasteiger partial charge is 0.483 e. The predicted octanol–water partition coefficient (Wildman–Crippen LogP) is 2.29. The van der Waals surface area contributed by atoms with Crippen molar-refractivity contribution >= 4 is 55.7 Å². The van der Waals surface area contributed by atoms with Gasteiger partial charge in [0.25, 0.3) is 16.0 Å². The number of anilines is 3. The van der Waals surface area contributed by atoms with Crippen molar-refractivity contribution in [3.05, 3.63) is 58.0 Å². The van der Waals surface area contributed by atoms with E-state index in [0.717, 1.165) is 17.6 Å². The molecule has 4 aromatic rings. The van der Waals surface area contributed by atoms with Gasteiger partial charge >= 0.3 is 5.63 Å². The molecule has 0 aliphatic carbocycles. The molecule has 4 heterocycles. The molecule has 4 aromatic heterocycles. The topological polar surface area (TPSA) is 180 Å². The van der Waals surface area contributed by atoms with E-state index in [-0.39, 0.29) is 41.5 Å². The van der Waals surface area contributed by atoms with Crippen LogP contribution in [0.15, 0.2) is 46.0 Å². The fourth-order valence-electron chi connectivity index (χ4n) is 2.92. The van der Waals surface area contributed by atoms with E-state index >= 15 is 0 Å². The van der Waals surface area contributed by atoms with E-state index in [9.17, 15) is 18.0 Å². The molecule has 194 valence electrons. The Balaban J connectivity index is 1.57. The van der Waals surface area contributed by atoms with Crippen molar-refractivity contribution in [2.75, 3.05) is 30.1 Å². The first-order valence-corrected chi connectivity index (χ1v) is 13.3. The number of carbonyl (C=O) groups is 1. The molecule has 0 unspecified atom stereocenters. The van der Waals surface area contributed by atoms with Gasteiger partial charge in [-0.25, -0.2) is 14.8 Å². The maximum Gasteiger partial charge on any atom is 0.381 e. The third-order valence-corrected chi connectivity index (χ3v) is 6.19. The molecule has 0 saturated heterocycles. The van der Waals surface area contributed by atoms with Gasteiger partial charge < -0.3 is 19.0 Å². The van der Waals surface area contributed by atoms with Gasteiger partial charge in [-0.2, -0.15) is 8.42 Å². The van der Waals surface area contributed by atoms with Gasteiger partial charge in [0, 0.05) is 31.7 Å².